The van der Waals surface area contributed by atoms with E-state index in [1.807, 2.05) is 18.2 Å². The fourth-order valence-corrected chi connectivity index (χ4v) is 2.49. The predicted octanol–water partition coefficient (Wildman–Crippen LogP) is 2.25. The SMILES string of the molecule is CC1(CNC(=O)[C@@H](N)CCc2ccccc2)CCC1. The van der Waals surface area contributed by atoms with Crippen molar-refractivity contribution in [1.82, 2.24) is 5.32 Å². The van der Waals surface area contributed by atoms with Crippen molar-refractivity contribution < 1.29 is 4.79 Å². The Morgan fingerprint density at radius 3 is 2.63 bits per heavy atom. The first-order valence-electron chi connectivity index (χ1n) is 7.16. The molecule has 1 fully saturated rings. The Hall–Kier alpha value is -1.35. The van der Waals surface area contributed by atoms with E-state index in [1.165, 1.54) is 24.8 Å². The van der Waals surface area contributed by atoms with E-state index in [0.29, 0.717) is 11.8 Å². The zero-order valence-electron chi connectivity index (χ0n) is 11.7. The van der Waals surface area contributed by atoms with E-state index in [9.17, 15) is 4.79 Å². The number of hydrogen-bond acceptors (Lipinski definition) is 2. The number of carbonyl (C=O) groups is 1. The minimum atomic E-state index is -0.399. The van der Waals surface area contributed by atoms with Crippen molar-refractivity contribution >= 4 is 5.91 Å². The van der Waals surface area contributed by atoms with Crippen molar-refractivity contribution in [2.45, 2.75) is 45.1 Å². The van der Waals surface area contributed by atoms with Crippen LogP contribution in [0.4, 0.5) is 0 Å². The Bertz CT molecular complexity index is 412. The van der Waals surface area contributed by atoms with Gasteiger partial charge in [-0.15, -0.1) is 0 Å². The molecule has 1 saturated carbocycles. The summed E-state index contributed by atoms with van der Waals surface area (Å²) < 4.78 is 0. The Labute approximate surface area is 115 Å². The lowest BCUT2D eigenvalue weighted by atomic mass is 9.70. The summed E-state index contributed by atoms with van der Waals surface area (Å²) in [5.74, 6) is -0.0101. The Balaban J connectivity index is 1.70. The molecule has 19 heavy (non-hydrogen) atoms. The van der Waals surface area contributed by atoms with E-state index < -0.39 is 6.04 Å². The van der Waals surface area contributed by atoms with Gasteiger partial charge in [0.2, 0.25) is 5.91 Å². The molecule has 1 aromatic carbocycles. The summed E-state index contributed by atoms with van der Waals surface area (Å²) in [5, 5.41) is 3.00. The summed E-state index contributed by atoms with van der Waals surface area (Å²) in [6.45, 7) is 3.00. The summed E-state index contributed by atoms with van der Waals surface area (Å²) in [5.41, 5.74) is 7.49. The topological polar surface area (TPSA) is 55.1 Å². The summed E-state index contributed by atoms with van der Waals surface area (Å²) in [7, 11) is 0. The van der Waals surface area contributed by atoms with Crippen LogP contribution in [-0.4, -0.2) is 18.5 Å². The summed E-state index contributed by atoms with van der Waals surface area (Å²) in [4.78, 5) is 11.9. The van der Waals surface area contributed by atoms with Gasteiger partial charge in [-0.25, -0.2) is 0 Å². The van der Waals surface area contributed by atoms with Gasteiger partial charge in [0.25, 0.3) is 0 Å². The number of rotatable bonds is 6. The fraction of sp³-hybridized carbons (Fsp3) is 0.562. The van der Waals surface area contributed by atoms with Crippen molar-refractivity contribution in [3.8, 4) is 0 Å². The first-order valence-corrected chi connectivity index (χ1v) is 7.16. The molecular weight excluding hydrogens is 236 g/mol. The maximum atomic E-state index is 11.9. The molecule has 1 atom stereocenters. The standard InChI is InChI=1S/C16H24N2O/c1-16(10-5-11-16)12-18-15(19)14(17)9-8-13-6-3-2-4-7-13/h2-4,6-7,14H,5,8-12,17H2,1H3,(H,18,19)/t14-/m0/s1. The first-order chi connectivity index (χ1) is 9.09. The molecule has 0 aliphatic heterocycles. The molecule has 0 aromatic heterocycles. The predicted molar refractivity (Wildman–Crippen MR) is 77.7 cm³/mol. The van der Waals surface area contributed by atoms with Crippen molar-refractivity contribution in [3.63, 3.8) is 0 Å². The minimum absolute atomic E-state index is 0.0101. The van der Waals surface area contributed by atoms with Crippen molar-refractivity contribution in [3.05, 3.63) is 35.9 Å². The van der Waals surface area contributed by atoms with Crippen LogP contribution >= 0.6 is 0 Å². The number of benzene rings is 1. The second kappa shape index (κ2) is 6.20. The molecule has 1 amide bonds. The van der Waals surface area contributed by atoms with Crippen LogP contribution in [0.1, 0.15) is 38.2 Å². The zero-order chi connectivity index (χ0) is 13.7. The van der Waals surface area contributed by atoms with E-state index in [4.69, 9.17) is 5.73 Å². The number of carbonyl (C=O) groups excluding carboxylic acids is 1. The van der Waals surface area contributed by atoms with Gasteiger partial charge in [0, 0.05) is 6.54 Å². The highest BCUT2D eigenvalue weighted by atomic mass is 16.2. The second-order valence-corrected chi connectivity index (χ2v) is 6.01. The molecule has 3 nitrogen and oxygen atoms in total. The minimum Gasteiger partial charge on any atom is -0.354 e. The second-order valence-electron chi connectivity index (χ2n) is 6.01. The van der Waals surface area contributed by atoms with Gasteiger partial charge in [0.05, 0.1) is 6.04 Å². The number of amides is 1. The molecule has 3 N–H and O–H groups in total. The third-order valence-corrected chi connectivity index (χ3v) is 4.17. The van der Waals surface area contributed by atoms with E-state index in [2.05, 4.69) is 24.4 Å². The van der Waals surface area contributed by atoms with Crippen molar-refractivity contribution in [2.24, 2.45) is 11.1 Å². The van der Waals surface area contributed by atoms with Crippen LogP contribution < -0.4 is 11.1 Å². The maximum absolute atomic E-state index is 11.9. The molecule has 0 radical (unpaired) electrons. The number of aryl methyl sites for hydroxylation is 1. The third-order valence-electron chi connectivity index (χ3n) is 4.17. The van der Waals surface area contributed by atoms with Crippen LogP contribution in [0, 0.1) is 5.41 Å². The Kier molecular flexibility index (Phi) is 4.59. The maximum Gasteiger partial charge on any atom is 0.236 e. The van der Waals surface area contributed by atoms with E-state index in [1.54, 1.807) is 0 Å². The van der Waals surface area contributed by atoms with Gasteiger partial charge in [-0.1, -0.05) is 43.7 Å². The molecule has 0 heterocycles. The summed E-state index contributed by atoms with van der Waals surface area (Å²) in [6.07, 6.45) is 5.27. The molecule has 0 saturated heterocycles. The van der Waals surface area contributed by atoms with Gasteiger partial charge >= 0.3 is 0 Å². The van der Waals surface area contributed by atoms with Gasteiger partial charge in [-0.2, -0.15) is 0 Å². The van der Waals surface area contributed by atoms with Crippen molar-refractivity contribution in [2.75, 3.05) is 6.54 Å². The highest BCUT2D eigenvalue weighted by Crippen LogP contribution is 2.39. The van der Waals surface area contributed by atoms with Crippen LogP contribution in [0.5, 0.6) is 0 Å². The highest BCUT2D eigenvalue weighted by molar-refractivity contribution is 5.81. The molecule has 104 valence electrons. The average molecular weight is 260 g/mol. The van der Waals surface area contributed by atoms with Gasteiger partial charge < -0.3 is 11.1 Å². The molecule has 1 aliphatic carbocycles. The monoisotopic (exact) mass is 260 g/mol. The molecular formula is C16H24N2O. The lowest BCUT2D eigenvalue weighted by Gasteiger charge is -2.38. The molecule has 0 spiro atoms. The fourth-order valence-electron chi connectivity index (χ4n) is 2.49. The lowest BCUT2D eigenvalue weighted by Crippen LogP contribution is -2.46. The van der Waals surface area contributed by atoms with Crippen LogP contribution in [0.15, 0.2) is 30.3 Å². The van der Waals surface area contributed by atoms with Gasteiger partial charge in [0.15, 0.2) is 0 Å². The quantitative estimate of drug-likeness (QED) is 0.824. The van der Waals surface area contributed by atoms with Gasteiger partial charge in [-0.3, -0.25) is 4.79 Å². The third kappa shape index (κ3) is 4.06. The van der Waals surface area contributed by atoms with Gasteiger partial charge in [-0.05, 0) is 36.7 Å². The number of nitrogens with one attached hydrogen (secondary N) is 1. The Morgan fingerprint density at radius 1 is 1.37 bits per heavy atom. The van der Waals surface area contributed by atoms with Crippen molar-refractivity contribution in [1.29, 1.82) is 0 Å². The number of hydrogen-bond donors (Lipinski definition) is 2. The van der Waals surface area contributed by atoms with E-state index in [0.717, 1.165) is 13.0 Å². The first kappa shape index (κ1) is 14.1. The molecule has 0 unspecified atom stereocenters. The molecule has 1 aromatic rings. The Morgan fingerprint density at radius 2 is 2.05 bits per heavy atom. The normalized spacial score (nSPS) is 18.4. The smallest absolute Gasteiger partial charge is 0.236 e. The molecule has 2 rings (SSSR count). The molecule has 1 aliphatic rings. The lowest BCUT2D eigenvalue weighted by molar-refractivity contribution is -0.123. The molecule has 0 bridgehead atoms. The average Bonchev–Trinajstić information content (AvgIpc) is 2.41. The van der Waals surface area contributed by atoms with Crippen LogP contribution in [0.2, 0.25) is 0 Å². The summed E-state index contributed by atoms with van der Waals surface area (Å²) >= 11 is 0. The van der Waals surface area contributed by atoms with E-state index >= 15 is 0 Å². The van der Waals surface area contributed by atoms with E-state index in [-0.39, 0.29) is 5.91 Å². The summed E-state index contributed by atoms with van der Waals surface area (Å²) in [6, 6.07) is 9.76. The highest BCUT2D eigenvalue weighted by Gasteiger charge is 2.32. The van der Waals surface area contributed by atoms with Gasteiger partial charge in [0.1, 0.15) is 0 Å². The molecule has 3 heteroatoms. The number of nitrogens with two attached hydrogens (primary N) is 1. The van der Waals surface area contributed by atoms with Crippen LogP contribution in [0.25, 0.3) is 0 Å². The largest absolute Gasteiger partial charge is 0.354 e. The van der Waals surface area contributed by atoms with Crippen LogP contribution in [-0.2, 0) is 11.2 Å². The van der Waals surface area contributed by atoms with Crippen LogP contribution in [0.3, 0.4) is 0 Å². The zero-order valence-corrected chi connectivity index (χ0v) is 11.7.